The molecule has 0 fully saturated rings. The zero-order valence-corrected chi connectivity index (χ0v) is 9.89. The van der Waals surface area contributed by atoms with E-state index in [2.05, 4.69) is 19.2 Å². The van der Waals surface area contributed by atoms with Crippen molar-refractivity contribution < 1.29 is 4.79 Å². The molecule has 0 radical (unpaired) electrons. The number of nitrogens with one attached hydrogen (secondary N) is 1. The molecule has 0 aromatic heterocycles. The van der Waals surface area contributed by atoms with Crippen LogP contribution in [0, 0.1) is 5.92 Å². The van der Waals surface area contributed by atoms with E-state index in [9.17, 15) is 4.79 Å². The summed E-state index contributed by atoms with van der Waals surface area (Å²) in [6.45, 7) is 8.59. The molecule has 0 spiro atoms. The molecule has 0 unspecified atom stereocenters. The smallest absolute Gasteiger partial charge is 0.234 e. The van der Waals surface area contributed by atoms with Gasteiger partial charge in [0, 0.05) is 5.54 Å². The van der Waals surface area contributed by atoms with Crippen LogP contribution in [0.4, 0.5) is 0 Å². The molecule has 0 aromatic rings. The first kappa shape index (κ1) is 13.4. The number of hydrogen-bond donors (Lipinski definition) is 2. The van der Waals surface area contributed by atoms with E-state index in [1.807, 2.05) is 13.8 Å². The molecule has 0 rings (SSSR count). The van der Waals surface area contributed by atoms with Crippen molar-refractivity contribution in [2.45, 2.75) is 52.5 Å². The number of carbonyl (C=O) groups excluding carboxylic acids is 1. The van der Waals surface area contributed by atoms with Crippen molar-refractivity contribution in [3.63, 3.8) is 0 Å². The molecule has 1 amide bonds. The van der Waals surface area contributed by atoms with Gasteiger partial charge in [-0.15, -0.1) is 0 Å². The molecule has 0 aliphatic heterocycles. The molecule has 0 aliphatic rings. The minimum absolute atomic E-state index is 0.0699. The van der Waals surface area contributed by atoms with E-state index in [4.69, 9.17) is 5.73 Å². The molecular weight excluding hydrogens is 176 g/mol. The third-order valence-corrected chi connectivity index (χ3v) is 2.25. The molecule has 0 saturated carbocycles. The van der Waals surface area contributed by atoms with Crippen LogP contribution in [0.3, 0.4) is 0 Å². The van der Waals surface area contributed by atoms with Crippen LogP contribution in [0.1, 0.15) is 47.0 Å². The summed E-state index contributed by atoms with van der Waals surface area (Å²) in [5, 5.41) is 2.92. The molecule has 14 heavy (non-hydrogen) atoms. The largest absolute Gasteiger partial charge is 0.350 e. The van der Waals surface area contributed by atoms with E-state index in [1.54, 1.807) is 0 Å². The van der Waals surface area contributed by atoms with E-state index >= 15 is 0 Å². The van der Waals surface area contributed by atoms with Crippen LogP contribution in [0.15, 0.2) is 0 Å². The standard InChI is InChI=1S/C11H24N2O/c1-9(2)6-5-7-11(3,4)13-10(14)8-12/h9H,5-8,12H2,1-4H3,(H,13,14). The van der Waals surface area contributed by atoms with Crippen molar-refractivity contribution in [2.75, 3.05) is 6.54 Å². The summed E-state index contributed by atoms with van der Waals surface area (Å²) in [6, 6.07) is 0. The SMILES string of the molecule is CC(C)CCCC(C)(C)NC(=O)CN. The predicted octanol–water partition coefficient (Wildman–Crippen LogP) is 1.67. The number of nitrogens with two attached hydrogens (primary N) is 1. The van der Waals surface area contributed by atoms with Crippen LogP contribution >= 0.6 is 0 Å². The highest BCUT2D eigenvalue weighted by Gasteiger charge is 2.18. The Morgan fingerprint density at radius 2 is 2.00 bits per heavy atom. The lowest BCUT2D eigenvalue weighted by Gasteiger charge is -2.26. The van der Waals surface area contributed by atoms with Crippen LogP contribution in [0.5, 0.6) is 0 Å². The molecule has 0 saturated heterocycles. The summed E-state index contributed by atoms with van der Waals surface area (Å²) in [5.74, 6) is 0.663. The van der Waals surface area contributed by atoms with Crippen LogP contribution < -0.4 is 11.1 Å². The fourth-order valence-electron chi connectivity index (χ4n) is 1.44. The summed E-state index contributed by atoms with van der Waals surface area (Å²) in [7, 11) is 0. The minimum atomic E-state index is -0.120. The van der Waals surface area contributed by atoms with Crippen molar-refractivity contribution in [1.29, 1.82) is 0 Å². The van der Waals surface area contributed by atoms with Crippen molar-refractivity contribution >= 4 is 5.91 Å². The summed E-state index contributed by atoms with van der Waals surface area (Å²) < 4.78 is 0. The van der Waals surface area contributed by atoms with Gasteiger partial charge in [-0.2, -0.15) is 0 Å². The molecule has 0 bridgehead atoms. The van der Waals surface area contributed by atoms with Gasteiger partial charge >= 0.3 is 0 Å². The van der Waals surface area contributed by atoms with Crippen molar-refractivity contribution in [2.24, 2.45) is 11.7 Å². The van der Waals surface area contributed by atoms with Crippen LogP contribution in [0.2, 0.25) is 0 Å². The Kier molecular flexibility index (Phi) is 5.77. The molecular formula is C11H24N2O. The summed E-state index contributed by atoms with van der Waals surface area (Å²) >= 11 is 0. The Hall–Kier alpha value is -0.570. The third-order valence-electron chi connectivity index (χ3n) is 2.25. The topological polar surface area (TPSA) is 55.1 Å². The van der Waals surface area contributed by atoms with Crippen LogP contribution in [-0.2, 0) is 4.79 Å². The maximum atomic E-state index is 11.1. The minimum Gasteiger partial charge on any atom is -0.350 e. The third kappa shape index (κ3) is 6.89. The van der Waals surface area contributed by atoms with E-state index in [-0.39, 0.29) is 18.0 Å². The molecule has 0 aliphatic carbocycles. The molecule has 3 N–H and O–H groups in total. The van der Waals surface area contributed by atoms with Gasteiger partial charge in [0.05, 0.1) is 6.54 Å². The maximum absolute atomic E-state index is 11.1. The van der Waals surface area contributed by atoms with Crippen molar-refractivity contribution in [1.82, 2.24) is 5.32 Å². The Labute approximate surface area is 87.4 Å². The van der Waals surface area contributed by atoms with Gasteiger partial charge < -0.3 is 11.1 Å². The number of hydrogen-bond acceptors (Lipinski definition) is 2. The van der Waals surface area contributed by atoms with E-state index < -0.39 is 0 Å². The Balaban J connectivity index is 3.77. The number of amides is 1. The van der Waals surface area contributed by atoms with Crippen LogP contribution in [-0.4, -0.2) is 18.0 Å². The average Bonchev–Trinajstić information content (AvgIpc) is 2.02. The van der Waals surface area contributed by atoms with Gasteiger partial charge in [-0.25, -0.2) is 0 Å². The monoisotopic (exact) mass is 200 g/mol. The quantitative estimate of drug-likeness (QED) is 0.685. The molecule has 84 valence electrons. The first-order chi connectivity index (χ1) is 6.37. The van der Waals surface area contributed by atoms with Gasteiger partial charge in [0.15, 0.2) is 0 Å². The highest BCUT2D eigenvalue weighted by atomic mass is 16.1. The fraction of sp³-hybridized carbons (Fsp3) is 0.909. The Bertz CT molecular complexity index is 176. The fourth-order valence-corrected chi connectivity index (χ4v) is 1.44. The summed E-state index contributed by atoms with van der Waals surface area (Å²) in [6.07, 6.45) is 3.37. The lowest BCUT2D eigenvalue weighted by molar-refractivity contribution is -0.121. The van der Waals surface area contributed by atoms with Gasteiger partial charge in [0.25, 0.3) is 0 Å². The molecule has 3 heteroatoms. The molecule has 0 atom stereocenters. The highest BCUT2D eigenvalue weighted by molar-refractivity contribution is 5.78. The van der Waals surface area contributed by atoms with E-state index in [0.717, 1.165) is 18.8 Å². The van der Waals surface area contributed by atoms with Gasteiger partial charge in [-0.1, -0.05) is 26.7 Å². The summed E-state index contributed by atoms with van der Waals surface area (Å²) in [4.78, 5) is 11.1. The first-order valence-electron chi connectivity index (χ1n) is 5.38. The lowest BCUT2D eigenvalue weighted by Crippen LogP contribution is -2.46. The average molecular weight is 200 g/mol. The maximum Gasteiger partial charge on any atom is 0.234 e. The number of rotatable bonds is 6. The van der Waals surface area contributed by atoms with Gasteiger partial charge in [0.1, 0.15) is 0 Å². The zero-order valence-electron chi connectivity index (χ0n) is 9.89. The normalized spacial score (nSPS) is 11.9. The number of carbonyl (C=O) groups is 1. The van der Waals surface area contributed by atoms with Crippen molar-refractivity contribution in [3.8, 4) is 0 Å². The van der Waals surface area contributed by atoms with Gasteiger partial charge in [-0.05, 0) is 26.2 Å². The zero-order chi connectivity index (χ0) is 11.2. The van der Waals surface area contributed by atoms with Crippen LogP contribution in [0.25, 0.3) is 0 Å². The van der Waals surface area contributed by atoms with Crippen molar-refractivity contribution in [3.05, 3.63) is 0 Å². The molecule has 0 aromatic carbocycles. The molecule has 3 nitrogen and oxygen atoms in total. The molecule has 0 heterocycles. The highest BCUT2D eigenvalue weighted by Crippen LogP contribution is 2.15. The second-order valence-electron chi connectivity index (χ2n) is 4.92. The Morgan fingerprint density at radius 3 is 2.43 bits per heavy atom. The van der Waals surface area contributed by atoms with E-state index in [1.165, 1.54) is 6.42 Å². The second-order valence-corrected chi connectivity index (χ2v) is 4.92. The second kappa shape index (κ2) is 6.02. The summed E-state index contributed by atoms with van der Waals surface area (Å²) in [5.41, 5.74) is 5.12. The van der Waals surface area contributed by atoms with E-state index in [0.29, 0.717) is 0 Å². The Morgan fingerprint density at radius 1 is 1.43 bits per heavy atom. The van der Waals surface area contributed by atoms with Gasteiger partial charge in [-0.3, -0.25) is 4.79 Å². The lowest BCUT2D eigenvalue weighted by atomic mass is 9.94. The van der Waals surface area contributed by atoms with Gasteiger partial charge in [0.2, 0.25) is 5.91 Å². The predicted molar refractivity (Wildman–Crippen MR) is 60.0 cm³/mol. The first-order valence-corrected chi connectivity index (χ1v) is 5.38.